The van der Waals surface area contributed by atoms with Crippen LogP contribution in [-0.2, 0) is 29.3 Å². The Bertz CT molecular complexity index is 1670. The van der Waals surface area contributed by atoms with E-state index < -0.39 is 36.8 Å². The highest BCUT2D eigenvalue weighted by molar-refractivity contribution is 7.52. The van der Waals surface area contributed by atoms with Gasteiger partial charge in [-0.25, -0.2) is 0 Å². The Morgan fingerprint density at radius 3 is 2.40 bits per heavy atom. The molecule has 5 heterocycles. The number of benzene rings is 1. The first-order valence-electron chi connectivity index (χ1n) is 16.0. The number of halogens is 2. The van der Waals surface area contributed by atoms with Gasteiger partial charge >= 0.3 is 13.3 Å². The SMILES string of the molecule is O=C(N[C@H]1CC2(CC[C@H]3CC[C@@H](C(=O)N4CC(C(=O)N5CCOCC5)C4)N3C1=O)CC2)c1cc2cc(C(F)(F)P(=O)(O)O)ccc2s1. The van der Waals surface area contributed by atoms with Crippen molar-refractivity contribution in [3.05, 3.63) is 34.7 Å². The second-order valence-corrected chi connectivity index (χ2v) is 16.3. The van der Waals surface area contributed by atoms with Crippen molar-refractivity contribution in [2.75, 3.05) is 39.4 Å². The standard InChI is InChI=1S/C31H37F2N4O8PS/c32-31(33,46(42,43)44)20-1-4-24-18(13-20)14-25(47-24)26(38)34-22-15-30(7-8-30)6-5-21-2-3-23(37(21)28(22)40)29(41)36-16-19(17-36)27(39)35-9-11-45-12-10-35/h1,4,13-14,19,21-23H,2-3,5-12,15-17H2,(H,34,38)(H2,42,43,44)/t21-,22+,23+/m1/s1. The third kappa shape index (κ3) is 5.98. The number of fused-ring (bicyclic) bond motifs is 2. The lowest BCUT2D eigenvalue weighted by molar-refractivity contribution is -0.157. The second kappa shape index (κ2) is 11.9. The number of ether oxygens (including phenoxy) is 1. The highest BCUT2D eigenvalue weighted by Gasteiger charge is 2.54. The van der Waals surface area contributed by atoms with Gasteiger partial charge in [-0.15, -0.1) is 11.3 Å². The van der Waals surface area contributed by atoms with Crippen molar-refractivity contribution in [3.8, 4) is 0 Å². The van der Waals surface area contributed by atoms with E-state index in [9.17, 15) is 32.5 Å². The summed E-state index contributed by atoms with van der Waals surface area (Å²) in [6, 6.07) is 2.87. The van der Waals surface area contributed by atoms with Crippen molar-refractivity contribution in [2.24, 2.45) is 11.3 Å². The average molecular weight is 695 g/mol. The average Bonchev–Trinajstić information content (AvgIpc) is 3.44. The molecule has 0 radical (unpaired) electrons. The Morgan fingerprint density at radius 2 is 1.72 bits per heavy atom. The number of carbonyl (C=O) groups is 4. The molecule has 254 valence electrons. The van der Waals surface area contributed by atoms with Crippen LogP contribution in [0.2, 0.25) is 0 Å². The summed E-state index contributed by atoms with van der Waals surface area (Å²) in [5.41, 5.74) is -5.29. The topological polar surface area (TPSA) is 157 Å². The van der Waals surface area contributed by atoms with Crippen LogP contribution in [0.15, 0.2) is 24.3 Å². The van der Waals surface area contributed by atoms with Crippen LogP contribution in [0.5, 0.6) is 0 Å². The number of carbonyl (C=O) groups excluding carboxylic acids is 4. The van der Waals surface area contributed by atoms with Crippen molar-refractivity contribution in [1.29, 1.82) is 0 Å². The maximum Gasteiger partial charge on any atom is 0.399 e. The number of hydrogen-bond donors (Lipinski definition) is 3. The van der Waals surface area contributed by atoms with Crippen LogP contribution in [0, 0.1) is 11.3 Å². The zero-order valence-electron chi connectivity index (χ0n) is 25.6. The lowest BCUT2D eigenvalue weighted by Gasteiger charge is -2.44. The molecule has 7 rings (SSSR count). The molecule has 5 fully saturated rings. The predicted octanol–water partition coefficient (Wildman–Crippen LogP) is 2.87. The molecule has 1 saturated carbocycles. The first-order chi connectivity index (χ1) is 22.3. The highest BCUT2D eigenvalue weighted by atomic mass is 32.1. The third-order valence-corrected chi connectivity index (χ3v) is 12.7. The van der Waals surface area contributed by atoms with Crippen molar-refractivity contribution >= 4 is 52.6 Å². The van der Waals surface area contributed by atoms with Crippen LogP contribution in [0.3, 0.4) is 0 Å². The van der Waals surface area contributed by atoms with E-state index in [1.165, 1.54) is 12.1 Å². The number of nitrogens with one attached hydrogen (secondary N) is 1. The van der Waals surface area contributed by atoms with E-state index in [-0.39, 0.29) is 45.4 Å². The molecule has 12 nitrogen and oxygen atoms in total. The predicted molar refractivity (Wildman–Crippen MR) is 166 cm³/mol. The van der Waals surface area contributed by atoms with Crippen molar-refractivity contribution < 1.29 is 47.0 Å². The molecule has 47 heavy (non-hydrogen) atoms. The smallest absolute Gasteiger partial charge is 0.378 e. The summed E-state index contributed by atoms with van der Waals surface area (Å²) in [5.74, 6) is -1.29. The van der Waals surface area contributed by atoms with Gasteiger partial charge in [-0.3, -0.25) is 23.7 Å². The molecule has 3 N–H and O–H groups in total. The van der Waals surface area contributed by atoms with E-state index in [2.05, 4.69) is 5.32 Å². The summed E-state index contributed by atoms with van der Waals surface area (Å²) < 4.78 is 45.8. The molecule has 2 aromatic rings. The van der Waals surface area contributed by atoms with Gasteiger partial charge in [0.2, 0.25) is 17.7 Å². The van der Waals surface area contributed by atoms with Gasteiger partial charge in [-0.05, 0) is 73.9 Å². The van der Waals surface area contributed by atoms with Gasteiger partial charge in [0, 0.05) is 42.5 Å². The van der Waals surface area contributed by atoms with E-state index in [0.29, 0.717) is 63.4 Å². The first kappa shape index (κ1) is 32.6. The van der Waals surface area contributed by atoms with E-state index in [4.69, 9.17) is 14.5 Å². The van der Waals surface area contributed by atoms with E-state index in [0.717, 1.165) is 49.2 Å². The quantitative estimate of drug-likeness (QED) is 0.390. The van der Waals surface area contributed by atoms with Crippen LogP contribution in [0.4, 0.5) is 8.78 Å². The molecular weight excluding hydrogens is 657 g/mol. The molecule has 1 aromatic carbocycles. The summed E-state index contributed by atoms with van der Waals surface area (Å²) in [4.78, 5) is 77.9. The van der Waals surface area contributed by atoms with Crippen molar-refractivity contribution in [3.63, 3.8) is 0 Å². The molecule has 4 amide bonds. The lowest BCUT2D eigenvalue weighted by Crippen LogP contribution is -2.62. The summed E-state index contributed by atoms with van der Waals surface area (Å²) in [7, 11) is -5.77. The van der Waals surface area contributed by atoms with E-state index in [1.54, 1.807) is 14.7 Å². The van der Waals surface area contributed by atoms with Gasteiger partial charge < -0.3 is 34.5 Å². The van der Waals surface area contributed by atoms with Crippen LogP contribution in [0.25, 0.3) is 10.1 Å². The largest absolute Gasteiger partial charge is 0.399 e. The Balaban J connectivity index is 1.06. The van der Waals surface area contributed by atoms with Crippen LogP contribution >= 0.6 is 18.9 Å². The zero-order valence-corrected chi connectivity index (χ0v) is 27.3. The van der Waals surface area contributed by atoms with Gasteiger partial charge in [0.25, 0.3) is 5.91 Å². The molecule has 1 spiro atoms. The van der Waals surface area contributed by atoms with Gasteiger partial charge in [-0.1, -0.05) is 6.07 Å². The minimum absolute atomic E-state index is 0.0226. The normalized spacial score (nSPS) is 26.5. The number of likely N-dealkylation sites (tertiary alicyclic amines) is 1. The van der Waals surface area contributed by atoms with Crippen LogP contribution in [0.1, 0.15) is 60.2 Å². The number of alkyl halides is 2. The summed E-state index contributed by atoms with van der Waals surface area (Å²) >= 11 is 1.02. The Hall–Kier alpha value is -2.97. The molecule has 1 aromatic heterocycles. The minimum Gasteiger partial charge on any atom is -0.378 e. The molecule has 1 aliphatic carbocycles. The van der Waals surface area contributed by atoms with Crippen molar-refractivity contribution in [2.45, 2.75) is 68.7 Å². The Kier molecular flexibility index (Phi) is 8.22. The van der Waals surface area contributed by atoms with E-state index in [1.807, 2.05) is 0 Å². The number of amides is 4. The molecule has 0 unspecified atom stereocenters. The first-order valence-corrected chi connectivity index (χ1v) is 18.5. The molecule has 5 aliphatic rings. The van der Waals surface area contributed by atoms with Gasteiger partial charge in [0.1, 0.15) is 12.1 Å². The summed E-state index contributed by atoms with van der Waals surface area (Å²) in [5, 5.41) is 3.11. The number of hydrogen-bond acceptors (Lipinski definition) is 7. The summed E-state index contributed by atoms with van der Waals surface area (Å²) in [6.07, 6.45) is 5.20. The molecule has 3 atom stereocenters. The van der Waals surface area contributed by atoms with Crippen molar-refractivity contribution in [1.82, 2.24) is 20.0 Å². The van der Waals surface area contributed by atoms with Crippen LogP contribution in [-0.4, -0.2) is 106 Å². The third-order valence-electron chi connectivity index (χ3n) is 10.6. The number of morpholine rings is 1. The molecule has 0 bridgehead atoms. The van der Waals surface area contributed by atoms with Gasteiger partial charge in [-0.2, -0.15) is 8.78 Å². The Morgan fingerprint density at radius 1 is 1.00 bits per heavy atom. The van der Waals surface area contributed by atoms with Gasteiger partial charge in [0.15, 0.2) is 0 Å². The maximum absolute atomic E-state index is 14.3. The zero-order chi connectivity index (χ0) is 33.3. The molecular formula is C31H37F2N4O8PS. The highest BCUT2D eigenvalue weighted by Crippen LogP contribution is 2.59. The maximum atomic E-state index is 14.3. The molecule has 16 heteroatoms. The fourth-order valence-corrected chi connectivity index (χ4v) is 8.99. The fourth-order valence-electron chi connectivity index (χ4n) is 7.57. The monoisotopic (exact) mass is 694 g/mol. The number of rotatable bonds is 6. The van der Waals surface area contributed by atoms with E-state index >= 15 is 0 Å². The Labute approximate surface area is 273 Å². The molecule has 4 saturated heterocycles. The van der Waals surface area contributed by atoms with Crippen LogP contribution < -0.4 is 5.32 Å². The number of nitrogens with zero attached hydrogens (tertiary/aromatic N) is 3. The lowest BCUT2D eigenvalue weighted by atomic mass is 9.86. The minimum atomic E-state index is -5.77. The summed E-state index contributed by atoms with van der Waals surface area (Å²) in [6.45, 7) is 2.72. The number of thiophene rings is 1. The fraction of sp³-hybridized carbons (Fsp3) is 0.613. The second-order valence-electron chi connectivity index (χ2n) is 13.6. The molecule has 4 aliphatic heterocycles. The van der Waals surface area contributed by atoms with Gasteiger partial charge in [0.05, 0.1) is 24.0 Å².